The Morgan fingerprint density at radius 1 is 1.12 bits per heavy atom. The highest BCUT2D eigenvalue weighted by molar-refractivity contribution is 5.90. The van der Waals surface area contributed by atoms with Crippen LogP contribution in [0.4, 0.5) is 0 Å². The van der Waals surface area contributed by atoms with Gasteiger partial charge in [0.2, 0.25) is 5.91 Å². The molecule has 7 heteroatoms. The molecule has 0 aliphatic carbocycles. The zero-order chi connectivity index (χ0) is 18.5. The van der Waals surface area contributed by atoms with Crippen molar-refractivity contribution in [2.24, 2.45) is 0 Å². The summed E-state index contributed by atoms with van der Waals surface area (Å²) < 4.78 is 0. The molecule has 2 fully saturated rings. The van der Waals surface area contributed by atoms with Gasteiger partial charge in [0.1, 0.15) is 12.1 Å². The van der Waals surface area contributed by atoms with E-state index in [-0.39, 0.29) is 11.8 Å². The van der Waals surface area contributed by atoms with E-state index in [9.17, 15) is 19.5 Å². The molecule has 0 saturated carbocycles. The van der Waals surface area contributed by atoms with Gasteiger partial charge in [-0.3, -0.25) is 14.6 Å². The number of carboxylic acids is 1. The second-order valence-corrected chi connectivity index (χ2v) is 6.88. The third-order valence-corrected chi connectivity index (χ3v) is 5.03. The second kappa shape index (κ2) is 8.31. The number of aliphatic carboxylic acids is 1. The lowest BCUT2D eigenvalue weighted by Crippen LogP contribution is -2.61. The van der Waals surface area contributed by atoms with E-state index in [1.807, 2.05) is 35.3 Å². The van der Waals surface area contributed by atoms with Crippen molar-refractivity contribution in [2.75, 3.05) is 13.1 Å². The molecule has 2 N–H and O–H groups in total. The number of fused-ring (bicyclic) bond motifs is 1. The molecule has 2 heterocycles. The Hall–Kier alpha value is -2.41. The van der Waals surface area contributed by atoms with Gasteiger partial charge >= 0.3 is 5.97 Å². The highest BCUT2D eigenvalue weighted by Gasteiger charge is 2.41. The number of carbonyl (C=O) groups is 3. The van der Waals surface area contributed by atoms with E-state index < -0.39 is 18.1 Å². The summed E-state index contributed by atoms with van der Waals surface area (Å²) >= 11 is 0. The molecule has 2 saturated heterocycles. The molecule has 1 aromatic carbocycles. The SMILES string of the molecule is O=C(CCc1ccccc1)NC1CCCN2CCCC(C(=O)O)N2C1=O. The first-order chi connectivity index (χ1) is 12.6. The third-order valence-electron chi connectivity index (χ3n) is 5.03. The van der Waals surface area contributed by atoms with Crippen LogP contribution in [0.5, 0.6) is 0 Å². The standard InChI is InChI=1S/C19H25N3O4/c23-17(11-10-14-6-2-1-3-7-14)20-15-8-4-12-21-13-5-9-16(19(25)26)22(21)18(15)24/h1-3,6-7,15-16H,4-5,8-13H2,(H,20,23)(H,25,26). The van der Waals surface area contributed by atoms with Crippen molar-refractivity contribution in [1.82, 2.24) is 15.3 Å². The summed E-state index contributed by atoms with van der Waals surface area (Å²) in [7, 11) is 0. The van der Waals surface area contributed by atoms with E-state index in [1.165, 1.54) is 5.01 Å². The van der Waals surface area contributed by atoms with Crippen molar-refractivity contribution in [2.45, 2.75) is 50.6 Å². The lowest BCUT2D eigenvalue weighted by atomic mass is 10.1. The minimum atomic E-state index is -0.987. The summed E-state index contributed by atoms with van der Waals surface area (Å²) in [5.74, 6) is -1.47. The monoisotopic (exact) mass is 359 g/mol. The summed E-state index contributed by atoms with van der Waals surface area (Å²) in [6.07, 6.45) is 3.41. The molecular weight excluding hydrogens is 334 g/mol. The van der Waals surface area contributed by atoms with Crippen molar-refractivity contribution in [1.29, 1.82) is 0 Å². The first kappa shape index (κ1) is 18.4. The van der Waals surface area contributed by atoms with Crippen LogP contribution < -0.4 is 5.32 Å². The van der Waals surface area contributed by atoms with Crippen LogP contribution in [0.25, 0.3) is 0 Å². The van der Waals surface area contributed by atoms with E-state index in [0.717, 1.165) is 18.4 Å². The minimum absolute atomic E-state index is 0.176. The minimum Gasteiger partial charge on any atom is -0.480 e. The molecule has 2 atom stereocenters. The summed E-state index contributed by atoms with van der Waals surface area (Å²) in [6, 6.07) is 8.23. The molecule has 2 aliphatic rings. The number of carbonyl (C=O) groups excluding carboxylic acids is 2. The summed E-state index contributed by atoms with van der Waals surface area (Å²) in [4.78, 5) is 36.8. The van der Waals surface area contributed by atoms with Gasteiger partial charge in [-0.2, -0.15) is 0 Å². The number of rotatable bonds is 5. The second-order valence-electron chi connectivity index (χ2n) is 6.88. The zero-order valence-corrected chi connectivity index (χ0v) is 14.8. The molecule has 2 aliphatic heterocycles. The van der Waals surface area contributed by atoms with Crippen LogP contribution in [0.3, 0.4) is 0 Å². The van der Waals surface area contributed by atoms with Crippen LogP contribution in [0.2, 0.25) is 0 Å². The highest BCUT2D eigenvalue weighted by atomic mass is 16.4. The van der Waals surface area contributed by atoms with Crippen molar-refractivity contribution in [3.8, 4) is 0 Å². The Morgan fingerprint density at radius 3 is 2.50 bits per heavy atom. The average Bonchev–Trinajstić information content (AvgIpc) is 2.80. The van der Waals surface area contributed by atoms with E-state index in [1.54, 1.807) is 0 Å². The molecule has 26 heavy (non-hydrogen) atoms. The maximum atomic E-state index is 12.9. The summed E-state index contributed by atoms with van der Waals surface area (Å²) in [6.45, 7) is 1.33. The molecule has 3 rings (SSSR count). The van der Waals surface area contributed by atoms with Gasteiger partial charge in [0.25, 0.3) is 5.91 Å². The fourth-order valence-corrected chi connectivity index (χ4v) is 3.70. The van der Waals surface area contributed by atoms with Gasteiger partial charge in [-0.15, -0.1) is 0 Å². The molecular formula is C19H25N3O4. The lowest BCUT2D eigenvalue weighted by Gasteiger charge is -2.42. The normalized spacial score (nSPS) is 23.8. The number of amides is 2. The van der Waals surface area contributed by atoms with Gasteiger partial charge in [-0.1, -0.05) is 30.3 Å². The summed E-state index contributed by atoms with van der Waals surface area (Å²) in [5.41, 5.74) is 1.07. The Labute approximate surface area is 152 Å². The maximum absolute atomic E-state index is 12.9. The van der Waals surface area contributed by atoms with Crippen molar-refractivity contribution in [3.63, 3.8) is 0 Å². The maximum Gasteiger partial charge on any atom is 0.328 e. The van der Waals surface area contributed by atoms with Gasteiger partial charge in [-0.25, -0.2) is 9.80 Å². The molecule has 140 valence electrons. The van der Waals surface area contributed by atoms with Crippen LogP contribution in [0.15, 0.2) is 30.3 Å². The highest BCUT2D eigenvalue weighted by Crippen LogP contribution is 2.24. The van der Waals surface area contributed by atoms with E-state index in [0.29, 0.717) is 38.8 Å². The number of nitrogens with one attached hydrogen (secondary N) is 1. The number of hydrogen-bond donors (Lipinski definition) is 2. The summed E-state index contributed by atoms with van der Waals surface area (Å²) in [5, 5.41) is 15.5. The van der Waals surface area contributed by atoms with E-state index >= 15 is 0 Å². The number of carboxylic acid groups (broad SMARTS) is 1. The third kappa shape index (κ3) is 4.22. The number of hydrogen-bond acceptors (Lipinski definition) is 4. The van der Waals surface area contributed by atoms with Crippen LogP contribution in [-0.4, -0.2) is 58.1 Å². The predicted molar refractivity (Wildman–Crippen MR) is 95.0 cm³/mol. The van der Waals surface area contributed by atoms with E-state index in [2.05, 4.69) is 5.32 Å². The molecule has 2 unspecified atom stereocenters. The predicted octanol–water partition coefficient (Wildman–Crippen LogP) is 1.19. The fourth-order valence-electron chi connectivity index (χ4n) is 3.70. The molecule has 0 bridgehead atoms. The Balaban J connectivity index is 1.62. The molecule has 0 spiro atoms. The topological polar surface area (TPSA) is 89.9 Å². The fraction of sp³-hybridized carbons (Fsp3) is 0.526. The van der Waals surface area contributed by atoms with Gasteiger partial charge in [0, 0.05) is 19.5 Å². The van der Waals surface area contributed by atoms with Crippen molar-refractivity contribution >= 4 is 17.8 Å². The first-order valence-corrected chi connectivity index (χ1v) is 9.20. The molecule has 0 aromatic heterocycles. The molecule has 2 amide bonds. The Bertz CT molecular complexity index is 664. The quantitative estimate of drug-likeness (QED) is 0.824. The molecule has 7 nitrogen and oxygen atoms in total. The van der Waals surface area contributed by atoms with Gasteiger partial charge < -0.3 is 10.4 Å². The van der Waals surface area contributed by atoms with Gasteiger partial charge in [0.15, 0.2) is 0 Å². The lowest BCUT2D eigenvalue weighted by molar-refractivity contribution is -0.174. The Morgan fingerprint density at radius 2 is 1.81 bits per heavy atom. The van der Waals surface area contributed by atoms with Crippen LogP contribution in [0.1, 0.15) is 37.7 Å². The average molecular weight is 359 g/mol. The number of aryl methyl sites for hydroxylation is 1. The first-order valence-electron chi connectivity index (χ1n) is 9.20. The molecule has 1 aromatic rings. The van der Waals surface area contributed by atoms with Crippen LogP contribution in [-0.2, 0) is 20.8 Å². The van der Waals surface area contributed by atoms with Crippen molar-refractivity contribution < 1.29 is 19.5 Å². The Kier molecular flexibility index (Phi) is 5.88. The molecule has 0 radical (unpaired) electrons. The zero-order valence-electron chi connectivity index (χ0n) is 14.8. The van der Waals surface area contributed by atoms with Crippen LogP contribution >= 0.6 is 0 Å². The smallest absolute Gasteiger partial charge is 0.328 e. The van der Waals surface area contributed by atoms with Gasteiger partial charge in [-0.05, 0) is 37.7 Å². The van der Waals surface area contributed by atoms with Crippen molar-refractivity contribution in [3.05, 3.63) is 35.9 Å². The largest absolute Gasteiger partial charge is 0.480 e. The number of nitrogens with zero attached hydrogens (tertiary/aromatic N) is 2. The van der Waals surface area contributed by atoms with Crippen LogP contribution in [0, 0.1) is 0 Å². The van der Waals surface area contributed by atoms with Gasteiger partial charge in [0.05, 0.1) is 0 Å². The number of benzene rings is 1. The van der Waals surface area contributed by atoms with E-state index in [4.69, 9.17) is 0 Å². The number of hydrazine groups is 1.